The summed E-state index contributed by atoms with van der Waals surface area (Å²) >= 11 is 0. The second kappa shape index (κ2) is 24.7. The fourth-order valence-electron chi connectivity index (χ4n) is 1.08. The Balaban J connectivity index is 0. The van der Waals surface area contributed by atoms with E-state index in [2.05, 4.69) is 6.92 Å². The molecular weight excluding hydrogens is 280 g/mol. The molecule has 0 atom stereocenters. The lowest BCUT2D eigenvalue weighted by molar-refractivity contribution is 0.0222. The maximum Gasteiger partial charge on any atom is 0.0701 e. The molecule has 0 aliphatic carbocycles. The topological polar surface area (TPSA) is 97.6 Å². The fraction of sp³-hybridized carbons (Fsp3) is 1.00. The molecule has 3 N–H and O–H groups in total. The first-order valence-corrected chi connectivity index (χ1v) is 7.47. The van der Waals surface area contributed by atoms with Crippen LogP contribution in [-0.2, 0) is 18.9 Å². The van der Waals surface area contributed by atoms with E-state index >= 15 is 0 Å². The number of unbranched alkanes of at least 4 members (excludes halogenated alkanes) is 1. The lowest BCUT2D eigenvalue weighted by atomic mass is 10.4. The molecule has 0 bridgehead atoms. The molecule has 0 amide bonds. The molecule has 0 aromatic heterocycles. The molecule has 0 saturated heterocycles. The van der Waals surface area contributed by atoms with E-state index in [0.29, 0.717) is 46.2 Å². The molecule has 7 nitrogen and oxygen atoms in total. The summed E-state index contributed by atoms with van der Waals surface area (Å²) < 4.78 is 19.9. The summed E-state index contributed by atoms with van der Waals surface area (Å²) in [5.41, 5.74) is 0. The Morgan fingerprint density at radius 3 is 1.14 bits per heavy atom. The number of hydrogen-bond acceptors (Lipinski definition) is 7. The third-order valence-corrected chi connectivity index (χ3v) is 2.09. The SMILES string of the molecule is CCCCOCCOCCO.OCCOCCOCCO. The molecule has 0 aromatic rings. The van der Waals surface area contributed by atoms with Crippen molar-refractivity contribution >= 4 is 0 Å². The van der Waals surface area contributed by atoms with Gasteiger partial charge in [-0.25, -0.2) is 0 Å². The smallest absolute Gasteiger partial charge is 0.0701 e. The van der Waals surface area contributed by atoms with E-state index in [1.54, 1.807) is 0 Å². The Labute approximate surface area is 127 Å². The maximum atomic E-state index is 8.34. The first-order valence-electron chi connectivity index (χ1n) is 7.47. The Morgan fingerprint density at radius 1 is 0.524 bits per heavy atom. The van der Waals surface area contributed by atoms with Crippen LogP contribution in [0.25, 0.3) is 0 Å². The quantitative estimate of drug-likeness (QED) is 0.361. The molecule has 0 aliphatic rings. The van der Waals surface area contributed by atoms with Crippen LogP contribution < -0.4 is 0 Å². The van der Waals surface area contributed by atoms with Gasteiger partial charge in [-0.15, -0.1) is 0 Å². The average Bonchev–Trinajstić information content (AvgIpc) is 2.51. The van der Waals surface area contributed by atoms with Gasteiger partial charge in [0.05, 0.1) is 66.1 Å². The lowest BCUT2D eigenvalue weighted by Crippen LogP contribution is -2.09. The van der Waals surface area contributed by atoms with E-state index in [9.17, 15) is 0 Å². The number of aliphatic hydroxyl groups excluding tert-OH is 3. The van der Waals surface area contributed by atoms with Gasteiger partial charge in [-0.3, -0.25) is 0 Å². The second-order valence-corrected chi connectivity index (χ2v) is 3.97. The third-order valence-electron chi connectivity index (χ3n) is 2.09. The van der Waals surface area contributed by atoms with Gasteiger partial charge in [0.25, 0.3) is 0 Å². The minimum Gasteiger partial charge on any atom is -0.394 e. The highest BCUT2D eigenvalue weighted by molar-refractivity contribution is 4.33. The predicted octanol–water partition coefficient (Wildman–Crippen LogP) is -0.184. The lowest BCUT2D eigenvalue weighted by Gasteiger charge is -2.02. The average molecular weight is 312 g/mol. The Bertz CT molecular complexity index is 142. The van der Waals surface area contributed by atoms with E-state index in [4.69, 9.17) is 34.3 Å². The van der Waals surface area contributed by atoms with Gasteiger partial charge in [-0.1, -0.05) is 13.3 Å². The Hall–Kier alpha value is -0.280. The van der Waals surface area contributed by atoms with Gasteiger partial charge < -0.3 is 34.3 Å². The van der Waals surface area contributed by atoms with Crippen LogP contribution in [-0.4, -0.2) is 88.0 Å². The van der Waals surface area contributed by atoms with Crippen molar-refractivity contribution in [3.05, 3.63) is 0 Å². The van der Waals surface area contributed by atoms with Crippen LogP contribution >= 0.6 is 0 Å². The van der Waals surface area contributed by atoms with Gasteiger partial charge in [-0.2, -0.15) is 0 Å². The summed E-state index contributed by atoms with van der Waals surface area (Å²) in [7, 11) is 0. The van der Waals surface area contributed by atoms with Crippen LogP contribution in [0.15, 0.2) is 0 Å². The molecule has 0 heterocycles. The van der Waals surface area contributed by atoms with E-state index in [1.165, 1.54) is 0 Å². The summed E-state index contributed by atoms with van der Waals surface area (Å²) in [6, 6.07) is 0. The number of aliphatic hydroxyl groups is 3. The highest BCUT2D eigenvalue weighted by Crippen LogP contribution is 1.87. The van der Waals surface area contributed by atoms with Gasteiger partial charge in [-0.05, 0) is 6.42 Å². The van der Waals surface area contributed by atoms with E-state index < -0.39 is 0 Å². The highest BCUT2D eigenvalue weighted by Gasteiger charge is 1.88. The van der Waals surface area contributed by atoms with Gasteiger partial charge in [0, 0.05) is 6.61 Å². The Kier molecular flexibility index (Phi) is 27.1. The molecule has 0 spiro atoms. The Morgan fingerprint density at radius 2 is 0.857 bits per heavy atom. The van der Waals surface area contributed by atoms with Gasteiger partial charge >= 0.3 is 0 Å². The molecule has 0 rings (SSSR count). The van der Waals surface area contributed by atoms with Gasteiger partial charge in [0.15, 0.2) is 0 Å². The molecule has 130 valence electrons. The molecule has 21 heavy (non-hydrogen) atoms. The van der Waals surface area contributed by atoms with Crippen LogP contribution in [0.3, 0.4) is 0 Å². The largest absolute Gasteiger partial charge is 0.394 e. The van der Waals surface area contributed by atoms with Crippen molar-refractivity contribution in [2.24, 2.45) is 0 Å². The van der Waals surface area contributed by atoms with E-state index in [-0.39, 0.29) is 19.8 Å². The van der Waals surface area contributed by atoms with Crippen LogP contribution in [0.4, 0.5) is 0 Å². The molecule has 0 saturated carbocycles. The normalized spacial score (nSPS) is 10.3. The van der Waals surface area contributed by atoms with Gasteiger partial charge in [0.1, 0.15) is 0 Å². The summed E-state index contributed by atoms with van der Waals surface area (Å²) in [4.78, 5) is 0. The molecule has 0 aromatic carbocycles. The van der Waals surface area contributed by atoms with Crippen molar-refractivity contribution in [2.45, 2.75) is 19.8 Å². The molecule has 0 aliphatic heterocycles. The van der Waals surface area contributed by atoms with Crippen LogP contribution in [0.1, 0.15) is 19.8 Å². The summed E-state index contributed by atoms with van der Waals surface area (Å²) in [5, 5.41) is 24.9. The highest BCUT2D eigenvalue weighted by atomic mass is 16.5. The molecule has 0 fully saturated rings. The van der Waals surface area contributed by atoms with Crippen LogP contribution in [0.5, 0.6) is 0 Å². The van der Waals surface area contributed by atoms with Crippen molar-refractivity contribution in [1.29, 1.82) is 0 Å². The molecular formula is C14H32O7. The van der Waals surface area contributed by atoms with Gasteiger partial charge in [0.2, 0.25) is 0 Å². The summed E-state index contributed by atoms with van der Waals surface area (Å²) in [6.45, 7) is 6.41. The number of hydrogen-bond donors (Lipinski definition) is 3. The summed E-state index contributed by atoms with van der Waals surface area (Å²) in [6.07, 6.45) is 2.28. The molecule has 0 radical (unpaired) electrons. The van der Waals surface area contributed by atoms with E-state index in [1.807, 2.05) is 0 Å². The molecule has 7 heteroatoms. The first-order chi connectivity index (χ1) is 10.3. The zero-order valence-corrected chi connectivity index (χ0v) is 13.2. The second-order valence-electron chi connectivity index (χ2n) is 3.97. The standard InChI is InChI=1S/C8H18O3.C6H14O4/c1-2-3-5-10-7-8-11-6-4-9;7-1-3-9-5-6-10-4-2-8/h9H,2-8H2,1H3;7-8H,1-6H2. The number of rotatable bonds is 15. The molecule has 0 unspecified atom stereocenters. The number of ether oxygens (including phenoxy) is 4. The van der Waals surface area contributed by atoms with Crippen molar-refractivity contribution in [1.82, 2.24) is 0 Å². The van der Waals surface area contributed by atoms with Crippen LogP contribution in [0.2, 0.25) is 0 Å². The monoisotopic (exact) mass is 312 g/mol. The first kappa shape index (κ1) is 23.0. The van der Waals surface area contributed by atoms with Crippen molar-refractivity contribution in [3.63, 3.8) is 0 Å². The third kappa shape index (κ3) is 28.6. The van der Waals surface area contributed by atoms with Crippen LogP contribution in [0, 0.1) is 0 Å². The maximum absolute atomic E-state index is 8.34. The predicted molar refractivity (Wildman–Crippen MR) is 79.4 cm³/mol. The van der Waals surface area contributed by atoms with E-state index in [0.717, 1.165) is 19.4 Å². The minimum atomic E-state index is 0.0417. The summed E-state index contributed by atoms with van der Waals surface area (Å²) in [5.74, 6) is 0. The van der Waals surface area contributed by atoms with Crippen molar-refractivity contribution < 1.29 is 34.3 Å². The zero-order valence-electron chi connectivity index (χ0n) is 13.2. The zero-order chi connectivity index (χ0) is 16.0. The minimum absolute atomic E-state index is 0.0417. The fourth-order valence-corrected chi connectivity index (χ4v) is 1.08. The van der Waals surface area contributed by atoms with Crippen molar-refractivity contribution in [2.75, 3.05) is 72.7 Å². The van der Waals surface area contributed by atoms with Crippen molar-refractivity contribution in [3.8, 4) is 0 Å².